The van der Waals surface area contributed by atoms with Gasteiger partial charge in [-0.3, -0.25) is 19.6 Å². The lowest BCUT2D eigenvalue weighted by molar-refractivity contribution is 0.0758. The van der Waals surface area contributed by atoms with Crippen molar-refractivity contribution in [2.75, 3.05) is 26.2 Å². The Labute approximate surface area is 152 Å². The molecule has 0 spiro atoms. The van der Waals surface area contributed by atoms with Gasteiger partial charge in [0.15, 0.2) is 5.82 Å². The highest BCUT2D eigenvalue weighted by atomic mass is 16.2. The topological polar surface area (TPSA) is 87.1 Å². The van der Waals surface area contributed by atoms with E-state index in [1.807, 2.05) is 26.8 Å². The van der Waals surface area contributed by atoms with Gasteiger partial charge in [-0.05, 0) is 38.8 Å². The third kappa shape index (κ3) is 3.70. The van der Waals surface area contributed by atoms with Crippen LogP contribution >= 0.6 is 0 Å². The van der Waals surface area contributed by atoms with Crippen LogP contribution in [0, 0.1) is 20.8 Å². The molecule has 26 heavy (non-hydrogen) atoms. The van der Waals surface area contributed by atoms with Gasteiger partial charge in [0, 0.05) is 38.9 Å². The summed E-state index contributed by atoms with van der Waals surface area (Å²) >= 11 is 0. The van der Waals surface area contributed by atoms with Crippen molar-refractivity contribution >= 4 is 5.91 Å². The van der Waals surface area contributed by atoms with Crippen molar-refractivity contribution in [3.63, 3.8) is 0 Å². The van der Waals surface area contributed by atoms with Gasteiger partial charge in [0.25, 0.3) is 11.5 Å². The molecule has 140 valence electrons. The fourth-order valence-corrected chi connectivity index (χ4v) is 3.39. The summed E-state index contributed by atoms with van der Waals surface area (Å²) in [6.07, 6.45) is 0.861. The number of carbonyl (C=O) groups is 1. The number of hydrogen-bond acceptors (Lipinski definition) is 5. The SMILES string of the molecule is Cc1nc(CN2CCCN(C(=O)c3c(C)cc(C)n(C)c3=O)CC2)n[nH]1. The molecule has 1 fully saturated rings. The van der Waals surface area contributed by atoms with Gasteiger partial charge in [-0.15, -0.1) is 0 Å². The smallest absolute Gasteiger partial charge is 0.263 e. The second kappa shape index (κ2) is 7.41. The number of nitrogens with one attached hydrogen (secondary N) is 1. The van der Waals surface area contributed by atoms with Crippen molar-refractivity contribution in [3.8, 4) is 0 Å². The summed E-state index contributed by atoms with van der Waals surface area (Å²) < 4.78 is 1.54. The van der Waals surface area contributed by atoms with Gasteiger partial charge in [0.1, 0.15) is 11.4 Å². The van der Waals surface area contributed by atoms with Gasteiger partial charge in [-0.1, -0.05) is 0 Å². The molecule has 0 aromatic carbocycles. The number of aromatic nitrogens is 4. The molecule has 1 saturated heterocycles. The van der Waals surface area contributed by atoms with Crippen LogP contribution in [0.1, 0.15) is 39.7 Å². The summed E-state index contributed by atoms with van der Waals surface area (Å²) in [5.41, 5.74) is 1.67. The van der Waals surface area contributed by atoms with Crippen molar-refractivity contribution in [1.82, 2.24) is 29.5 Å². The van der Waals surface area contributed by atoms with E-state index >= 15 is 0 Å². The Bertz CT molecular complexity index is 869. The Hall–Kier alpha value is -2.48. The second-order valence-electron chi connectivity index (χ2n) is 6.97. The van der Waals surface area contributed by atoms with E-state index < -0.39 is 0 Å². The number of pyridine rings is 1. The Morgan fingerprint density at radius 2 is 1.96 bits per heavy atom. The average molecular weight is 358 g/mol. The quantitative estimate of drug-likeness (QED) is 0.876. The molecule has 3 rings (SSSR count). The molecule has 1 aliphatic heterocycles. The van der Waals surface area contributed by atoms with Crippen LogP contribution in [0.3, 0.4) is 0 Å². The third-order valence-electron chi connectivity index (χ3n) is 4.97. The minimum absolute atomic E-state index is 0.168. The van der Waals surface area contributed by atoms with E-state index in [0.29, 0.717) is 19.6 Å². The lowest BCUT2D eigenvalue weighted by Gasteiger charge is -2.22. The number of amides is 1. The molecular weight excluding hydrogens is 332 g/mol. The highest BCUT2D eigenvalue weighted by Gasteiger charge is 2.25. The van der Waals surface area contributed by atoms with Gasteiger partial charge < -0.3 is 9.47 Å². The first-order valence-corrected chi connectivity index (χ1v) is 8.93. The number of carbonyl (C=O) groups excluding carboxylic acids is 1. The van der Waals surface area contributed by atoms with Crippen LogP contribution in [0.25, 0.3) is 0 Å². The summed E-state index contributed by atoms with van der Waals surface area (Å²) in [6.45, 7) is 9.11. The molecular formula is C18H26N6O2. The van der Waals surface area contributed by atoms with E-state index in [1.54, 1.807) is 11.9 Å². The molecule has 0 saturated carbocycles. The van der Waals surface area contributed by atoms with Gasteiger partial charge in [0.2, 0.25) is 0 Å². The predicted molar refractivity (Wildman–Crippen MR) is 98.1 cm³/mol. The van der Waals surface area contributed by atoms with E-state index in [0.717, 1.165) is 42.4 Å². The second-order valence-corrected chi connectivity index (χ2v) is 6.97. The Morgan fingerprint density at radius 1 is 1.19 bits per heavy atom. The van der Waals surface area contributed by atoms with Crippen molar-refractivity contribution in [1.29, 1.82) is 0 Å². The highest BCUT2D eigenvalue weighted by Crippen LogP contribution is 2.12. The highest BCUT2D eigenvalue weighted by molar-refractivity contribution is 5.95. The molecule has 0 aliphatic carbocycles. The summed E-state index contributed by atoms with van der Waals surface area (Å²) in [5, 5.41) is 7.04. The zero-order chi connectivity index (χ0) is 18.8. The maximum Gasteiger partial charge on any atom is 0.263 e. The molecule has 2 aromatic heterocycles. The number of aromatic amines is 1. The summed E-state index contributed by atoms with van der Waals surface area (Å²) in [7, 11) is 1.71. The largest absolute Gasteiger partial charge is 0.337 e. The van der Waals surface area contributed by atoms with E-state index in [9.17, 15) is 9.59 Å². The van der Waals surface area contributed by atoms with Crippen molar-refractivity contribution < 1.29 is 4.79 Å². The lowest BCUT2D eigenvalue weighted by Crippen LogP contribution is -2.39. The fourth-order valence-electron chi connectivity index (χ4n) is 3.39. The average Bonchev–Trinajstić information content (AvgIpc) is 2.86. The molecule has 8 heteroatoms. The Morgan fingerprint density at radius 3 is 2.65 bits per heavy atom. The van der Waals surface area contributed by atoms with E-state index in [-0.39, 0.29) is 17.0 Å². The fraction of sp³-hybridized carbons (Fsp3) is 0.556. The van der Waals surface area contributed by atoms with Crippen molar-refractivity contribution in [3.05, 3.63) is 44.9 Å². The summed E-state index contributed by atoms with van der Waals surface area (Å²) in [5.74, 6) is 1.40. The molecule has 3 heterocycles. The molecule has 1 aliphatic rings. The lowest BCUT2D eigenvalue weighted by atomic mass is 10.1. The molecule has 1 N–H and O–H groups in total. The zero-order valence-electron chi connectivity index (χ0n) is 15.9. The number of hydrogen-bond donors (Lipinski definition) is 1. The standard InChI is InChI=1S/C18H26N6O2/c1-12-10-13(2)22(4)17(25)16(12)18(26)24-7-5-6-23(8-9-24)11-15-19-14(3)20-21-15/h10H,5-9,11H2,1-4H3,(H,19,20,21). The van der Waals surface area contributed by atoms with E-state index in [4.69, 9.17) is 0 Å². The van der Waals surface area contributed by atoms with Gasteiger partial charge >= 0.3 is 0 Å². The van der Waals surface area contributed by atoms with Crippen LogP contribution in [0.2, 0.25) is 0 Å². The maximum atomic E-state index is 13.0. The number of H-pyrrole nitrogens is 1. The number of nitrogens with zero attached hydrogens (tertiary/aromatic N) is 5. The zero-order valence-corrected chi connectivity index (χ0v) is 15.9. The Balaban J connectivity index is 1.72. The molecule has 0 unspecified atom stereocenters. The van der Waals surface area contributed by atoms with Crippen LogP contribution in [0.5, 0.6) is 0 Å². The van der Waals surface area contributed by atoms with Gasteiger partial charge in [-0.2, -0.15) is 5.10 Å². The maximum absolute atomic E-state index is 13.0. The first kappa shape index (κ1) is 18.3. The first-order chi connectivity index (χ1) is 12.4. The third-order valence-corrected chi connectivity index (χ3v) is 4.97. The van der Waals surface area contributed by atoms with Gasteiger partial charge in [-0.25, -0.2) is 4.98 Å². The van der Waals surface area contributed by atoms with E-state index in [2.05, 4.69) is 20.1 Å². The molecule has 1 amide bonds. The first-order valence-electron chi connectivity index (χ1n) is 8.93. The van der Waals surface area contributed by atoms with Crippen LogP contribution in [-0.2, 0) is 13.6 Å². The van der Waals surface area contributed by atoms with Crippen LogP contribution < -0.4 is 5.56 Å². The normalized spacial score (nSPS) is 15.9. The van der Waals surface area contributed by atoms with Crippen molar-refractivity contribution in [2.45, 2.75) is 33.7 Å². The van der Waals surface area contributed by atoms with Gasteiger partial charge in [0.05, 0.1) is 6.54 Å². The molecule has 2 aromatic rings. The van der Waals surface area contributed by atoms with Crippen LogP contribution in [0.4, 0.5) is 0 Å². The predicted octanol–water partition coefficient (Wildman–Crippen LogP) is 0.777. The van der Waals surface area contributed by atoms with Crippen LogP contribution in [0.15, 0.2) is 10.9 Å². The van der Waals surface area contributed by atoms with E-state index in [1.165, 1.54) is 4.57 Å². The Kier molecular flexibility index (Phi) is 5.22. The summed E-state index contributed by atoms with van der Waals surface area (Å²) in [4.78, 5) is 33.9. The molecule has 0 radical (unpaired) electrons. The minimum atomic E-state index is -0.218. The monoisotopic (exact) mass is 358 g/mol. The molecule has 0 atom stereocenters. The van der Waals surface area contributed by atoms with Crippen LogP contribution in [-0.4, -0.2) is 61.6 Å². The summed E-state index contributed by atoms with van der Waals surface area (Å²) in [6, 6.07) is 1.89. The number of aryl methyl sites for hydroxylation is 3. The number of rotatable bonds is 3. The molecule has 8 nitrogen and oxygen atoms in total. The molecule has 0 bridgehead atoms. The van der Waals surface area contributed by atoms with Crippen molar-refractivity contribution in [2.24, 2.45) is 7.05 Å². The minimum Gasteiger partial charge on any atom is -0.337 e.